The number of carbonyl (C=O) groups is 1. The molecule has 1 heterocycles. The van der Waals surface area contributed by atoms with Crippen molar-refractivity contribution in [1.29, 1.82) is 0 Å². The van der Waals surface area contributed by atoms with Crippen molar-refractivity contribution >= 4 is 5.91 Å². The normalized spacial score (nSPS) is 11.3. The largest absolute Gasteiger partial charge is 0.344 e. The molecular formula is C14H19N5O. The monoisotopic (exact) mass is 273 g/mol. The number of nitrogens with one attached hydrogen (secondary N) is 2. The number of rotatable bonds is 5. The highest BCUT2D eigenvalue weighted by molar-refractivity contribution is 5.78. The number of hydrogen-bond acceptors (Lipinski definition) is 4. The van der Waals surface area contributed by atoms with Crippen LogP contribution >= 0.6 is 0 Å². The molecule has 0 fully saturated rings. The second-order valence-corrected chi connectivity index (χ2v) is 5.09. The summed E-state index contributed by atoms with van der Waals surface area (Å²) in [4.78, 5) is 11.7. The van der Waals surface area contributed by atoms with Gasteiger partial charge in [0.2, 0.25) is 5.91 Å². The minimum atomic E-state index is -0.568. The predicted molar refractivity (Wildman–Crippen MR) is 76.5 cm³/mol. The van der Waals surface area contributed by atoms with Crippen molar-refractivity contribution in [1.82, 2.24) is 25.6 Å². The van der Waals surface area contributed by atoms with Crippen LogP contribution in [0.25, 0.3) is 5.69 Å². The number of aromatic nitrogens is 3. The Labute approximate surface area is 118 Å². The third-order valence-corrected chi connectivity index (χ3v) is 2.94. The SMILES string of the molecule is CNCC(=O)NC(C)(C)c1cn(-c2ccccc2)nn1. The molecule has 0 unspecified atom stereocenters. The van der Waals surface area contributed by atoms with Crippen LogP contribution in [-0.4, -0.2) is 34.5 Å². The molecule has 1 aromatic carbocycles. The molecule has 106 valence electrons. The van der Waals surface area contributed by atoms with Crippen LogP contribution in [0.1, 0.15) is 19.5 Å². The molecule has 1 aromatic heterocycles. The third kappa shape index (κ3) is 3.21. The number of likely N-dealkylation sites (N-methyl/N-ethyl adjacent to an activating group) is 1. The van der Waals surface area contributed by atoms with Crippen molar-refractivity contribution < 1.29 is 4.79 Å². The van der Waals surface area contributed by atoms with Crippen LogP contribution in [0, 0.1) is 0 Å². The van der Waals surface area contributed by atoms with Gasteiger partial charge in [0.15, 0.2) is 0 Å². The van der Waals surface area contributed by atoms with Gasteiger partial charge >= 0.3 is 0 Å². The maximum absolute atomic E-state index is 11.7. The second-order valence-electron chi connectivity index (χ2n) is 5.09. The van der Waals surface area contributed by atoms with Crippen molar-refractivity contribution in [2.45, 2.75) is 19.4 Å². The fourth-order valence-electron chi connectivity index (χ4n) is 1.87. The second kappa shape index (κ2) is 5.83. The summed E-state index contributed by atoms with van der Waals surface area (Å²) < 4.78 is 1.70. The first-order valence-electron chi connectivity index (χ1n) is 6.47. The molecule has 2 N–H and O–H groups in total. The molecule has 2 rings (SSSR count). The Kier molecular flexibility index (Phi) is 4.14. The highest BCUT2D eigenvalue weighted by Crippen LogP contribution is 2.18. The zero-order valence-corrected chi connectivity index (χ0v) is 11.9. The zero-order valence-electron chi connectivity index (χ0n) is 11.9. The van der Waals surface area contributed by atoms with Gasteiger partial charge in [-0.1, -0.05) is 23.4 Å². The van der Waals surface area contributed by atoms with E-state index in [4.69, 9.17) is 0 Å². The molecule has 0 saturated heterocycles. The molecule has 1 amide bonds. The van der Waals surface area contributed by atoms with E-state index >= 15 is 0 Å². The molecule has 0 aliphatic rings. The minimum absolute atomic E-state index is 0.0771. The van der Waals surface area contributed by atoms with Gasteiger partial charge in [0, 0.05) is 0 Å². The quantitative estimate of drug-likeness (QED) is 0.846. The van der Waals surface area contributed by atoms with Gasteiger partial charge in [-0.25, -0.2) is 4.68 Å². The maximum atomic E-state index is 11.7. The van der Waals surface area contributed by atoms with Crippen LogP contribution < -0.4 is 10.6 Å². The van der Waals surface area contributed by atoms with E-state index in [2.05, 4.69) is 20.9 Å². The summed E-state index contributed by atoms with van der Waals surface area (Å²) in [5, 5.41) is 14.0. The molecule has 0 spiro atoms. The van der Waals surface area contributed by atoms with Gasteiger partial charge in [0.1, 0.15) is 5.69 Å². The molecule has 0 aliphatic heterocycles. The van der Waals surface area contributed by atoms with Crippen LogP contribution in [0.2, 0.25) is 0 Å². The Morgan fingerprint density at radius 2 is 2.00 bits per heavy atom. The number of amides is 1. The molecule has 0 aliphatic carbocycles. The third-order valence-electron chi connectivity index (χ3n) is 2.94. The lowest BCUT2D eigenvalue weighted by atomic mass is 10.0. The Morgan fingerprint density at radius 1 is 1.30 bits per heavy atom. The van der Waals surface area contributed by atoms with Crippen LogP contribution in [-0.2, 0) is 10.3 Å². The first-order chi connectivity index (χ1) is 9.53. The topological polar surface area (TPSA) is 71.8 Å². The minimum Gasteiger partial charge on any atom is -0.344 e. The van der Waals surface area contributed by atoms with E-state index in [9.17, 15) is 4.79 Å². The molecule has 2 aromatic rings. The number of hydrogen-bond donors (Lipinski definition) is 2. The van der Waals surface area contributed by atoms with Crippen molar-refractivity contribution in [2.24, 2.45) is 0 Å². The van der Waals surface area contributed by atoms with E-state index in [1.54, 1.807) is 11.7 Å². The van der Waals surface area contributed by atoms with Gasteiger partial charge < -0.3 is 10.6 Å². The van der Waals surface area contributed by atoms with Gasteiger partial charge in [-0.05, 0) is 33.0 Å². The summed E-state index contributed by atoms with van der Waals surface area (Å²) in [6.45, 7) is 4.08. The molecular weight excluding hydrogens is 254 g/mol. The summed E-state index contributed by atoms with van der Waals surface area (Å²) in [6, 6.07) is 9.73. The summed E-state index contributed by atoms with van der Waals surface area (Å²) in [5.41, 5.74) is 1.08. The first kappa shape index (κ1) is 14.2. The number of carbonyl (C=O) groups excluding carboxylic acids is 1. The van der Waals surface area contributed by atoms with Gasteiger partial charge in [-0.15, -0.1) is 5.10 Å². The van der Waals surface area contributed by atoms with E-state index in [0.29, 0.717) is 5.69 Å². The lowest BCUT2D eigenvalue weighted by Crippen LogP contribution is -2.44. The summed E-state index contributed by atoms with van der Waals surface area (Å²) in [6.07, 6.45) is 1.83. The highest BCUT2D eigenvalue weighted by atomic mass is 16.2. The lowest BCUT2D eigenvalue weighted by molar-refractivity contribution is -0.121. The van der Waals surface area contributed by atoms with Gasteiger partial charge in [0.25, 0.3) is 0 Å². The standard InChI is InChI=1S/C14H19N5O/c1-14(2,16-13(20)9-15-3)12-10-19(18-17-12)11-7-5-4-6-8-11/h4-8,10,15H,9H2,1-3H3,(H,16,20). The van der Waals surface area contributed by atoms with Crippen molar-refractivity contribution in [2.75, 3.05) is 13.6 Å². The fraction of sp³-hybridized carbons (Fsp3) is 0.357. The van der Waals surface area contributed by atoms with E-state index in [-0.39, 0.29) is 12.5 Å². The molecule has 0 atom stereocenters. The zero-order chi connectivity index (χ0) is 14.6. The summed E-state index contributed by atoms with van der Waals surface area (Å²) >= 11 is 0. The summed E-state index contributed by atoms with van der Waals surface area (Å²) in [5.74, 6) is -0.0771. The number of benzene rings is 1. The Bertz CT molecular complexity index is 576. The van der Waals surface area contributed by atoms with Crippen molar-refractivity contribution in [3.05, 3.63) is 42.2 Å². The van der Waals surface area contributed by atoms with Crippen molar-refractivity contribution in [3.63, 3.8) is 0 Å². The molecule has 0 radical (unpaired) electrons. The average molecular weight is 273 g/mol. The molecule has 0 saturated carbocycles. The van der Waals surface area contributed by atoms with Crippen LogP contribution in [0.3, 0.4) is 0 Å². The van der Waals surface area contributed by atoms with E-state index in [0.717, 1.165) is 5.69 Å². The van der Waals surface area contributed by atoms with Gasteiger partial charge in [0.05, 0.1) is 24.0 Å². The first-order valence-corrected chi connectivity index (χ1v) is 6.47. The predicted octanol–water partition coefficient (Wildman–Crippen LogP) is 0.838. The lowest BCUT2D eigenvalue weighted by Gasteiger charge is -2.23. The Hall–Kier alpha value is -2.21. The van der Waals surface area contributed by atoms with Gasteiger partial charge in [-0.2, -0.15) is 0 Å². The average Bonchev–Trinajstić information content (AvgIpc) is 2.90. The smallest absolute Gasteiger partial charge is 0.234 e. The van der Waals surface area contributed by atoms with Crippen molar-refractivity contribution in [3.8, 4) is 5.69 Å². The molecule has 6 heteroatoms. The van der Waals surface area contributed by atoms with Gasteiger partial charge in [-0.3, -0.25) is 4.79 Å². The van der Waals surface area contributed by atoms with Crippen LogP contribution in [0.15, 0.2) is 36.5 Å². The highest BCUT2D eigenvalue weighted by Gasteiger charge is 2.26. The Morgan fingerprint density at radius 3 is 2.65 bits per heavy atom. The van der Waals surface area contributed by atoms with Crippen LogP contribution in [0.5, 0.6) is 0 Å². The molecule has 0 bridgehead atoms. The summed E-state index contributed by atoms with van der Waals surface area (Å²) in [7, 11) is 1.73. The number of para-hydroxylation sites is 1. The number of nitrogens with zero attached hydrogens (tertiary/aromatic N) is 3. The Balaban J connectivity index is 2.17. The molecule has 6 nitrogen and oxygen atoms in total. The fourth-order valence-corrected chi connectivity index (χ4v) is 1.87. The van der Waals surface area contributed by atoms with E-state index < -0.39 is 5.54 Å². The maximum Gasteiger partial charge on any atom is 0.234 e. The molecule has 20 heavy (non-hydrogen) atoms. The van der Waals surface area contributed by atoms with E-state index in [1.165, 1.54) is 0 Å². The van der Waals surface area contributed by atoms with Crippen LogP contribution in [0.4, 0.5) is 0 Å². The van der Waals surface area contributed by atoms with E-state index in [1.807, 2.05) is 50.4 Å².